The highest BCUT2D eigenvalue weighted by molar-refractivity contribution is 8.27. The Balaban J connectivity index is 1.61. The Morgan fingerprint density at radius 3 is 2.67 bits per heavy atom. The van der Waals surface area contributed by atoms with Crippen molar-refractivity contribution in [2.24, 2.45) is 0 Å². The number of thioether (sulfide) groups is 2. The Bertz CT molecular complexity index is 1040. The van der Waals surface area contributed by atoms with Crippen molar-refractivity contribution in [1.29, 1.82) is 0 Å². The second kappa shape index (κ2) is 7.76. The zero-order valence-electron chi connectivity index (χ0n) is 14.4. The maximum atomic E-state index is 12.9. The molecule has 6 heteroatoms. The molecule has 1 aliphatic heterocycles. The third-order valence-corrected chi connectivity index (χ3v) is 6.09. The first-order valence-corrected chi connectivity index (χ1v) is 10.7. The summed E-state index contributed by atoms with van der Waals surface area (Å²) in [4.78, 5) is 16.1. The van der Waals surface area contributed by atoms with Crippen molar-refractivity contribution < 1.29 is 9.21 Å². The lowest BCUT2D eigenvalue weighted by Crippen LogP contribution is -2.27. The number of carbonyl (C=O) groups excluding carboxylic acids is 1. The first-order chi connectivity index (χ1) is 13.2. The first-order valence-electron chi connectivity index (χ1n) is 8.23. The van der Waals surface area contributed by atoms with E-state index in [1.807, 2.05) is 73.0 Å². The lowest BCUT2D eigenvalue weighted by Gasteiger charge is -2.15. The normalized spacial score (nSPS) is 15.7. The molecule has 0 unspecified atom stereocenters. The van der Waals surface area contributed by atoms with Gasteiger partial charge in [0, 0.05) is 16.5 Å². The molecule has 27 heavy (non-hydrogen) atoms. The fourth-order valence-corrected chi connectivity index (χ4v) is 4.49. The van der Waals surface area contributed by atoms with E-state index in [4.69, 9.17) is 16.6 Å². The molecule has 1 saturated heterocycles. The number of carbonyl (C=O) groups is 1. The van der Waals surface area contributed by atoms with E-state index >= 15 is 0 Å². The molecule has 0 saturated carbocycles. The first kappa shape index (κ1) is 18.1. The number of nitrogens with zero attached hydrogens (tertiary/aromatic N) is 1. The van der Waals surface area contributed by atoms with Gasteiger partial charge in [-0.25, -0.2) is 0 Å². The summed E-state index contributed by atoms with van der Waals surface area (Å²) in [7, 11) is 0. The monoisotopic (exact) mass is 409 g/mol. The summed E-state index contributed by atoms with van der Waals surface area (Å²) in [6.45, 7) is 0. The quantitative estimate of drug-likeness (QED) is 0.296. The average molecular weight is 410 g/mol. The molecule has 4 rings (SSSR count). The summed E-state index contributed by atoms with van der Waals surface area (Å²) in [6, 6.07) is 21.4. The van der Waals surface area contributed by atoms with Crippen LogP contribution in [0.1, 0.15) is 5.76 Å². The third-order valence-electron chi connectivity index (χ3n) is 4.06. The van der Waals surface area contributed by atoms with Crippen LogP contribution in [0.15, 0.2) is 80.9 Å². The predicted octanol–water partition coefficient (Wildman–Crippen LogP) is 6.07. The minimum absolute atomic E-state index is 0.124. The summed E-state index contributed by atoms with van der Waals surface area (Å²) in [5.74, 6) is 1.28. The van der Waals surface area contributed by atoms with Crippen molar-refractivity contribution in [3.05, 3.63) is 77.4 Å². The number of rotatable bonds is 4. The van der Waals surface area contributed by atoms with Crippen LogP contribution in [0.3, 0.4) is 0 Å². The topological polar surface area (TPSA) is 33.5 Å². The van der Waals surface area contributed by atoms with E-state index in [1.54, 1.807) is 22.7 Å². The van der Waals surface area contributed by atoms with Gasteiger partial charge in [-0.1, -0.05) is 60.4 Å². The van der Waals surface area contributed by atoms with Crippen LogP contribution in [0.2, 0.25) is 0 Å². The van der Waals surface area contributed by atoms with E-state index in [0.717, 1.165) is 21.9 Å². The number of amides is 1. The molecule has 3 aromatic rings. The third kappa shape index (κ3) is 3.74. The van der Waals surface area contributed by atoms with Crippen LogP contribution in [0.5, 0.6) is 0 Å². The fraction of sp³-hybridized carbons (Fsp3) is 0.0476. The molecule has 0 aliphatic carbocycles. The van der Waals surface area contributed by atoms with Crippen molar-refractivity contribution >= 4 is 57.7 Å². The van der Waals surface area contributed by atoms with Gasteiger partial charge in [-0.2, -0.15) is 0 Å². The highest BCUT2D eigenvalue weighted by Gasteiger charge is 2.33. The summed E-state index contributed by atoms with van der Waals surface area (Å²) in [5.41, 5.74) is 1.79. The molecule has 3 nitrogen and oxygen atoms in total. The van der Waals surface area contributed by atoms with Crippen molar-refractivity contribution in [2.45, 2.75) is 4.90 Å². The van der Waals surface area contributed by atoms with Crippen molar-refractivity contribution in [1.82, 2.24) is 0 Å². The standard InChI is InChI=1S/C21H15NO2S3/c1-26-17-9-5-8-15(12-17)22-20(23)19(27-21(22)25)13-16-10-11-18(24-16)14-6-3-2-4-7-14/h2-13H,1H3/b19-13-. The Kier molecular flexibility index (Phi) is 5.20. The fourth-order valence-electron chi connectivity index (χ4n) is 2.76. The summed E-state index contributed by atoms with van der Waals surface area (Å²) >= 11 is 8.37. The van der Waals surface area contributed by atoms with Crippen LogP contribution in [0.4, 0.5) is 5.69 Å². The van der Waals surface area contributed by atoms with Crippen LogP contribution in [0, 0.1) is 0 Å². The second-order valence-electron chi connectivity index (χ2n) is 5.79. The highest BCUT2D eigenvalue weighted by Crippen LogP contribution is 2.37. The number of furan rings is 1. The lowest BCUT2D eigenvalue weighted by atomic mass is 10.2. The largest absolute Gasteiger partial charge is 0.457 e. The second-order valence-corrected chi connectivity index (χ2v) is 8.34. The van der Waals surface area contributed by atoms with Gasteiger partial charge in [-0.3, -0.25) is 9.69 Å². The van der Waals surface area contributed by atoms with Crippen LogP contribution in [-0.2, 0) is 4.79 Å². The van der Waals surface area contributed by atoms with Gasteiger partial charge in [0.2, 0.25) is 0 Å². The van der Waals surface area contributed by atoms with Gasteiger partial charge in [0.25, 0.3) is 5.91 Å². The van der Waals surface area contributed by atoms with Crippen molar-refractivity contribution in [2.75, 3.05) is 11.2 Å². The molecule has 0 N–H and O–H groups in total. The van der Waals surface area contributed by atoms with Crippen molar-refractivity contribution in [3.63, 3.8) is 0 Å². The maximum Gasteiger partial charge on any atom is 0.270 e. The summed E-state index contributed by atoms with van der Waals surface area (Å²) in [6.07, 6.45) is 3.76. The molecular weight excluding hydrogens is 394 g/mol. The maximum absolute atomic E-state index is 12.9. The van der Waals surface area contributed by atoms with Gasteiger partial charge >= 0.3 is 0 Å². The highest BCUT2D eigenvalue weighted by atomic mass is 32.2. The number of benzene rings is 2. The van der Waals surface area contributed by atoms with Crippen molar-refractivity contribution in [3.8, 4) is 11.3 Å². The Morgan fingerprint density at radius 2 is 1.89 bits per heavy atom. The van der Waals surface area contributed by atoms with Crippen LogP contribution >= 0.6 is 35.7 Å². The van der Waals surface area contributed by atoms with E-state index in [-0.39, 0.29) is 5.91 Å². The molecule has 0 atom stereocenters. The van der Waals surface area contributed by atoms with Gasteiger partial charge in [0.05, 0.1) is 10.6 Å². The molecule has 1 fully saturated rings. The predicted molar refractivity (Wildman–Crippen MR) is 118 cm³/mol. The minimum atomic E-state index is -0.124. The molecule has 134 valence electrons. The van der Waals surface area contributed by atoms with Gasteiger partial charge in [0.15, 0.2) is 4.32 Å². The zero-order valence-corrected chi connectivity index (χ0v) is 16.9. The smallest absolute Gasteiger partial charge is 0.270 e. The molecular formula is C21H15NO2S3. The van der Waals surface area contributed by atoms with E-state index in [0.29, 0.717) is 15.0 Å². The van der Waals surface area contributed by atoms with Gasteiger partial charge < -0.3 is 4.42 Å². The van der Waals surface area contributed by atoms with E-state index in [1.165, 1.54) is 11.8 Å². The zero-order chi connectivity index (χ0) is 18.8. The number of hydrogen-bond donors (Lipinski definition) is 0. The van der Waals surface area contributed by atoms with E-state index in [9.17, 15) is 4.79 Å². The van der Waals surface area contributed by atoms with Gasteiger partial charge in [0.1, 0.15) is 11.5 Å². The molecule has 1 aromatic heterocycles. The van der Waals surface area contributed by atoms with Crippen LogP contribution < -0.4 is 4.90 Å². The Labute approximate surface area is 171 Å². The molecule has 2 aromatic carbocycles. The molecule has 0 bridgehead atoms. The summed E-state index contributed by atoms with van der Waals surface area (Å²) in [5, 5.41) is 0. The molecule has 1 amide bonds. The van der Waals surface area contributed by atoms with Crippen LogP contribution in [0.25, 0.3) is 17.4 Å². The Hall–Kier alpha value is -2.28. The minimum Gasteiger partial charge on any atom is -0.457 e. The number of thiocarbonyl (C=S) groups is 1. The van der Waals surface area contributed by atoms with Crippen LogP contribution in [-0.4, -0.2) is 16.5 Å². The molecule has 2 heterocycles. The molecule has 0 radical (unpaired) electrons. The van der Waals surface area contributed by atoms with Gasteiger partial charge in [-0.05, 0) is 36.6 Å². The summed E-state index contributed by atoms with van der Waals surface area (Å²) < 4.78 is 6.41. The van der Waals surface area contributed by atoms with Gasteiger partial charge in [-0.15, -0.1) is 11.8 Å². The molecule has 1 aliphatic rings. The number of hydrogen-bond acceptors (Lipinski definition) is 5. The average Bonchev–Trinajstić information content (AvgIpc) is 3.27. The molecule has 0 spiro atoms. The Morgan fingerprint density at radius 1 is 1.07 bits per heavy atom. The lowest BCUT2D eigenvalue weighted by molar-refractivity contribution is -0.113. The SMILES string of the molecule is CSc1cccc(N2C(=O)/C(=C/c3ccc(-c4ccccc4)o3)SC2=S)c1. The van der Waals surface area contributed by atoms with E-state index in [2.05, 4.69) is 0 Å². The number of anilines is 1. The van der Waals surface area contributed by atoms with E-state index < -0.39 is 0 Å².